The lowest BCUT2D eigenvalue weighted by Gasteiger charge is -2.32. The molecule has 1 aliphatic heterocycles. The molecule has 0 amide bonds. The molecule has 1 heterocycles. The Labute approximate surface area is 113 Å². The van der Waals surface area contributed by atoms with Crippen molar-refractivity contribution in [2.75, 3.05) is 33.2 Å². The highest BCUT2D eigenvalue weighted by molar-refractivity contribution is 5.85. The van der Waals surface area contributed by atoms with Crippen molar-refractivity contribution in [2.45, 2.75) is 6.54 Å². The van der Waals surface area contributed by atoms with E-state index in [1.807, 2.05) is 18.2 Å². The molecule has 1 fully saturated rings. The Morgan fingerprint density at radius 1 is 1.26 bits per heavy atom. The lowest BCUT2D eigenvalue weighted by molar-refractivity contribution is -0.131. The number of hydrogen-bond acceptors (Lipinski definition) is 3. The molecule has 1 aliphatic rings. The van der Waals surface area contributed by atoms with Crippen molar-refractivity contribution in [3.63, 3.8) is 0 Å². The average Bonchev–Trinajstić information content (AvgIpc) is 2.40. The zero-order valence-electron chi connectivity index (χ0n) is 11.2. The van der Waals surface area contributed by atoms with Gasteiger partial charge in [0.25, 0.3) is 0 Å². The van der Waals surface area contributed by atoms with Crippen molar-refractivity contribution in [3.05, 3.63) is 41.5 Å². The number of nitrogens with zero attached hydrogens (tertiary/aromatic N) is 2. The quantitative estimate of drug-likeness (QED) is 0.834. The van der Waals surface area contributed by atoms with Crippen LogP contribution in [0.1, 0.15) is 11.1 Å². The van der Waals surface area contributed by atoms with Gasteiger partial charge in [-0.2, -0.15) is 0 Å². The van der Waals surface area contributed by atoms with Gasteiger partial charge < -0.3 is 10.0 Å². The van der Waals surface area contributed by atoms with Crippen LogP contribution < -0.4 is 0 Å². The molecule has 0 aliphatic carbocycles. The van der Waals surface area contributed by atoms with Gasteiger partial charge in [-0.05, 0) is 24.3 Å². The first-order valence-corrected chi connectivity index (χ1v) is 6.55. The molecular formula is C15H20N2O2. The molecule has 1 saturated heterocycles. The molecule has 0 radical (unpaired) electrons. The molecule has 1 aromatic carbocycles. The summed E-state index contributed by atoms with van der Waals surface area (Å²) in [5.41, 5.74) is 2.17. The molecule has 0 bridgehead atoms. The third-order valence-corrected chi connectivity index (χ3v) is 3.45. The molecule has 1 N–H and O–H groups in total. The van der Waals surface area contributed by atoms with E-state index in [4.69, 9.17) is 5.11 Å². The number of likely N-dealkylation sites (N-methyl/N-ethyl adjacent to an activating group) is 1. The standard InChI is InChI=1S/C15H20N2O2/c1-16-8-10-17(11-9-16)12-14-5-3-2-4-13(14)6-7-15(18)19/h2-7H,8-12H2,1H3,(H,18,19)/b7-6+. The minimum atomic E-state index is -0.908. The van der Waals surface area contributed by atoms with E-state index in [0.29, 0.717) is 0 Å². The Morgan fingerprint density at radius 3 is 2.63 bits per heavy atom. The van der Waals surface area contributed by atoms with Crippen LogP contribution in [-0.4, -0.2) is 54.1 Å². The van der Waals surface area contributed by atoms with Gasteiger partial charge in [-0.15, -0.1) is 0 Å². The van der Waals surface area contributed by atoms with E-state index >= 15 is 0 Å². The van der Waals surface area contributed by atoms with Crippen LogP contribution in [0.5, 0.6) is 0 Å². The second kappa shape index (κ2) is 6.50. The second-order valence-electron chi connectivity index (χ2n) is 4.95. The van der Waals surface area contributed by atoms with E-state index in [9.17, 15) is 4.79 Å². The highest BCUT2D eigenvalue weighted by Gasteiger charge is 2.14. The fraction of sp³-hybridized carbons (Fsp3) is 0.400. The van der Waals surface area contributed by atoms with Crippen molar-refractivity contribution in [1.82, 2.24) is 9.80 Å². The SMILES string of the molecule is CN1CCN(Cc2ccccc2/C=C/C(=O)O)CC1. The van der Waals surface area contributed by atoms with Gasteiger partial charge in [0.2, 0.25) is 0 Å². The molecule has 1 aromatic rings. The van der Waals surface area contributed by atoms with Crippen LogP contribution >= 0.6 is 0 Å². The van der Waals surface area contributed by atoms with Crippen molar-refractivity contribution >= 4 is 12.0 Å². The monoisotopic (exact) mass is 260 g/mol. The first-order valence-electron chi connectivity index (χ1n) is 6.55. The Bertz CT molecular complexity index is 463. The Hall–Kier alpha value is -1.65. The zero-order chi connectivity index (χ0) is 13.7. The summed E-state index contributed by atoms with van der Waals surface area (Å²) in [7, 11) is 2.14. The smallest absolute Gasteiger partial charge is 0.328 e. The van der Waals surface area contributed by atoms with Gasteiger partial charge in [0.1, 0.15) is 0 Å². The van der Waals surface area contributed by atoms with Crippen LogP contribution in [0.2, 0.25) is 0 Å². The summed E-state index contributed by atoms with van der Waals surface area (Å²) in [4.78, 5) is 15.3. The normalized spacial score (nSPS) is 17.9. The van der Waals surface area contributed by atoms with Crippen LogP contribution in [-0.2, 0) is 11.3 Å². The number of hydrogen-bond donors (Lipinski definition) is 1. The Kier molecular flexibility index (Phi) is 4.71. The van der Waals surface area contributed by atoms with E-state index < -0.39 is 5.97 Å². The van der Waals surface area contributed by atoms with Crippen molar-refractivity contribution in [2.24, 2.45) is 0 Å². The largest absolute Gasteiger partial charge is 0.478 e. The van der Waals surface area contributed by atoms with Gasteiger partial charge in [0, 0.05) is 38.8 Å². The molecule has 0 atom stereocenters. The van der Waals surface area contributed by atoms with Crippen molar-refractivity contribution in [1.29, 1.82) is 0 Å². The van der Waals surface area contributed by atoms with E-state index in [1.54, 1.807) is 6.08 Å². The summed E-state index contributed by atoms with van der Waals surface area (Å²) in [5.74, 6) is -0.908. The average molecular weight is 260 g/mol. The summed E-state index contributed by atoms with van der Waals surface area (Å²) in [5, 5.41) is 8.71. The Balaban J connectivity index is 2.05. The third kappa shape index (κ3) is 4.19. The summed E-state index contributed by atoms with van der Waals surface area (Å²) in [6.45, 7) is 5.19. The summed E-state index contributed by atoms with van der Waals surface area (Å²) < 4.78 is 0. The van der Waals surface area contributed by atoms with Crippen molar-refractivity contribution < 1.29 is 9.90 Å². The minimum absolute atomic E-state index is 0.883. The predicted molar refractivity (Wildman–Crippen MR) is 75.9 cm³/mol. The summed E-state index contributed by atoms with van der Waals surface area (Å²) >= 11 is 0. The molecule has 4 nitrogen and oxygen atoms in total. The number of carboxylic acid groups (broad SMARTS) is 1. The number of rotatable bonds is 4. The van der Waals surface area contributed by atoms with Gasteiger partial charge in [-0.25, -0.2) is 4.79 Å². The van der Waals surface area contributed by atoms with Crippen LogP contribution in [0.25, 0.3) is 6.08 Å². The molecule has 2 rings (SSSR count). The van der Waals surface area contributed by atoms with Crippen molar-refractivity contribution in [3.8, 4) is 0 Å². The first-order chi connectivity index (χ1) is 9.15. The number of piperazine rings is 1. The Morgan fingerprint density at radius 2 is 1.95 bits per heavy atom. The zero-order valence-corrected chi connectivity index (χ0v) is 11.2. The first kappa shape index (κ1) is 13.8. The lowest BCUT2D eigenvalue weighted by Crippen LogP contribution is -2.43. The minimum Gasteiger partial charge on any atom is -0.478 e. The molecule has 0 saturated carbocycles. The van der Waals surface area contributed by atoms with Gasteiger partial charge in [-0.3, -0.25) is 4.90 Å². The van der Waals surface area contributed by atoms with Gasteiger partial charge in [-0.1, -0.05) is 24.3 Å². The number of carboxylic acids is 1. The van der Waals surface area contributed by atoms with E-state index in [-0.39, 0.29) is 0 Å². The number of benzene rings is 1. The fourth-order valence-corrected chi connectivity index (χ4v) is 2.25. The van der Waals surface area contributed by atoms with Crippen LogP contribution in [0.3, 0.4) is 0 Å². The lowest BCUT2D eigenvalue weighted by atomic mass is 10.1. The van der Waals surface area contributed by atoms with E-state index in [0.717, 1.165) is 38.3 Å². The predicted octanol–water partition coefficient (Wildman–Crippen LogP) is 1.53. The molecule has 4 heteroatoms. The maximum absolute atomic E-state index is 10.6. The molecule has 0 unspecified atom stereocenters. The molecule has 102 valence electrons. The molecule has 0 spiro atoms. The van der Waals surface area contributed by atoms with Crippen LogP contribution in [0.15, 0.2) is 30.3 Å². The third-order valence-electron chi connectivity index (χ3n) is 3.45. The van der Waals surface area contributed by atoms with Gasteiger partial charge >= 0.3 is 5.97 Å². The van der Waals surface area contributed by atoms with Crippen LogP contribution in [0, 0.1) is 0 Å². The molecular weight excluding hydrogens is 240 g/mol. The van der Waals surface area contributed by atoms with E-state index in [2.05, 4.69) is 22.9 Å². The second-order valence-corrected chi connectivity index (χ2v) is 4.95. The molecule has 19 heavy (non-hydrogen) atoms. The fourth-order valence-electron chi connectivity index (χ4n) is 2.25. The maximum atomic E-state index is 10.6. The highest BCUT2D eigenvalue weighted by atomic mass is 16.4. The summed E-state index contributed by atoms with van der Waals surface area (Å²) in [6, 6.07) is 7.98. The van der Waals surface area contributed by atoms with E-state index in [1.165, 1.54) is 11.6 Å². The maximum Gasteiger partial charge on any atom is 0.328 e. The van der Waals surface area contributed by atoms with Gasteiger partial charge in [0.05, 0.1) is 0 Å². The highest BCUT2D eigenvalue weighted by Crippen LogP contribution is 2.14. The molecule has 0 aromatic heterocycles. The van der Waals surface area contributed by atoms with Crippen LogP contribution in [0.4, 0.5) is 0 Å². The topological polar surface area (TPSA) is 43.8 Å². The number of aliphatic carboxylic acids is 1. The summed E-state index contributed by atoms with van der Waals surface area (Å²) in [6.07, 6.45) is 2.87. The number of carbonyl (C=O) groups is 1. The van der Waals surface area contributed by atoms with Gasteiger partial charge in [0.15, 0.2) is 0 Å².